The van der Waals surface area contributed by atoms with Crippen LogP contribution >= 0.6 is 0 Å². The molecule has 0 aromatic carbocycles. The molecule has 0 fully saturated rings. The van der Waals surface area contributed by atoms with Crippen molar-refractivity contribution in [1.29, 1.82) is 0 Å². The molecule has 128 valence electrons. The molecule has 0 aliphatic rings. The minimum absolute atomic E-state index is 0.845. The van der Waals surface area contributed by atoms with Gasteiger partial charge in [0.05, 0.1) is 12.2 Å². The first-order chi connectivity index (χ1) is 11.0. The Morgan fingerprint density at radius 2 is 1.91 bits per heavy atom. The summed E-state index contributed by atoms with van der Waals surface area (Å²) < 4.78 is 7.78. The van der Waals surface area contributed by atoms with Crippen molar-refractivity contribution in [3.05, 3.63) is 41.1 Å². The zero-order chi connectivity index (χ0) is 16.8. The van der Waals surface area contributed by atoms with Gasteiger partial charge in [-0.15, -0.1) is 0 Å². The molecule has 0 saturated carbocycles. The Kier molecular flexibility index (Phi) is 6.42. The van der Waals surface area contributed by atoms with Crippen LogP contribution in [0.25, 0.3) is 0 Å². The second kappa shape index (κ2) is 8.31. The number of hydrogen-bond donors (Lipinski definition) is 0. The predicted octanol–water partition coefficient (Wildman–Crippen LogP) is 3.07. The Morgan fingerprint density at radius 3 is 2.48 bits per heavy atom. The molecule has 2 rings (SSSR count). The van der Waals surface area contributed by atoms with Gasteiger partial charge in [-0.2, -0.15) is 5.10 Å². The summed E-state index contributed by atoms with van der Waals surface area (Å²) in [5, 5.41) is 4.56. The Morgan fingerprint density at radius 1 is 1.13 bits per heavy atom. The average molecular weight is 318 g/mol. The Balaban J connectivity index is 2.03. The lowest BCUT2D eigenvalue weighted by molar-refractivity contribution is 0.220. The highest BCUT2D eigenvalue weighted by atomic mass is 16.3. The Hall–Kier alpha value is -1.59. The van der Waals surface area contributed by atoms with Crippen LogP contribution in [0.1, 0.15) is 36.1 Å². The second-order valence-corrected chi connectivity index (χ2v) is 6.48. The molecular formula is C18H30N4O. The fraction of sp³-hybridized carbons (Fsp3) is 0.611. The van der Waals surface area contributed by atoms with E-state index in [0.717, 1.165) is 56.4 Å². The summed E-state index contributed by atoms with van der Waals surface area (Å²) in [6.07, 6.45) is 3.31. The highest BCUT2D eigenvalue weighted by molar-refractivity contribution is 5.15. The van der Waals surface area contributed by atoms with Crippen LogP contribution in [0.3, 0.4) is 0 Å². The fourth-order valence-electron chi connectivity index (χ4n) is 2.73. The van der Waals surface area contributed by atoms with Gasteiger partial charge in [0.1, 0.15) is 11.5 Å². The van der Waals surface area contributed by atoms with Crippen LogP contribution in [-0.4, -0.2) is 46.8 Å². The molecule has 0 unspecified atom stereocenters. The van der Waals surface area contributed by atoms with Gasteiger partial charge in [-0.3, -0.25) is 9.58 Å². The minimum atomic E-state index is 0.845. The van der Waals surface area contributed by atoms with E-state index in [1.165, 1.54) is 5.56 Å². The molecule has 23 heavy (non-hydrogen) atoms. The summed E-state index contributed by atoms with van der Waals surface area (Å²) in [6, 6.07) is 4.12. The van der Waals surface area contributed by atoms with E-state index in [2.05, 4.69) is 55.1 Å². The normalized spacial score (nSPS) is 11.8. The fourth-order valence-corrected chi connectivity index (χ4v) is 2.73. The summed E-state index contributed by atoms with van der Waals surface area (Å²) in [4.78, 5) is 4.68. The maximum Gasteiger partial charge on any atom is 0.118 e. The van der Waals surface area contributed by atoms with Crippen LogP contribution in [0, 0.1) is 13.8 Å². The summed E-state index contributed by atoms with van der Waals surface area (Å²) in [7, 11) is 4.24. The number of rotatable bonds is 9. The van der Waals surface area contributed by atoms with Gasteiger partial charge in [-0.05, 0) is 60.0 Å². The predicted molar refractivity (Wildman–Crippen MR) is 93.4 cm³/mol. The SMILES string of the molecule is CCn1cc(CN(CCCN(C)C)Cc2ccc(C)o2)c(C)n1. The molecule has 0 spiro atoms. The molecule has 0 atom stereocenters. The molecular weight excluding hydrogens is 288 g/mol. The highest BCUT2D eigenvalue weighted by Crippen LogP contribution is 2.15. The quantitative estimate of drug-likeness (QED) is 0.712. The van der Waals surface area contributed by atoms with E-state index in [1.807, 2.05) is 17.7 Å². The van der Waals surface area contributed by atoms with Crippen LogP contribution in [0.2, 0.25) is 0 Å². The van der Waals surface area contributed by atoms with Gasteiger partial charge in [-0.25, -0.2) is 0 Å². The third-order valence-electron chi connectivity index (χ3n) is 4.02. The summed E-state index contributed by atoms with van der Waals surface area (Å²) in [5.74, 6) is 2.01. The van der Waals surface area contributed by atoms with Crippen LogP contribution in [0.15, 0.2) is 22.7 Å². The van der Waals surface area contributed by atoms with Gasteiger partial charge in [0.2, 0.25) is 0 Å². The average Bonchev–Trinajstić information content (AvgIpc) is 3.05. The van der Waals surface area contributed by atoms with Crippen molar-refractivity contribution in [2.75, 3.05) is 27.2 Å². The van der Waals surface area contributed by atoms with Gasteiger partial charge in [0, 0.05) is 31.4 Å². The lowest BCUT2D eigenvalue weighted by Gasteiger charge is -2.22. The first-order valence-electron chi connectivity index (χ1n) is 8.43. The zero-order valence-electron chi connectivity index (χ0n) is 15.2. The van der Waals surface area contributed by atoms with E-state index >= 15 is 0 Å². The number of aromatic nitrogens is 2. The molecule has 2 aromatic rings. The van der Waals surface area contributed by atoms with Crippen LogP contribution in [0.4, 0.5) is 0 Å². The molecule has 0 aliphatic heterocycles. The number of aryl methyl sites for hydroxylation is 3. The molecule has 0 bridgehead atoms. The van der Waals surface area contributed by atoms with Crippen molar-refractivity contribution in [3.63, 3.8) is 0 Å². The molecule has 5 heteroatoms. The molecule has 0 aliphatic carbocycles. The molecule has 0 amide bonds. The van der Waals surface area contributed by atoms with Crippen molar-refractivity contribution in [2.45, 2.75) is 46.8 Å². The second-order valence-electron chi connectivity index (χ2n) is 6.48. The third-order valence-corrected chi connectivity index (χ3v) is 4.02. The standard InChI is InChI=1S/C18H30N4O/c1-6-22-13-17(16(3)19-22)12-21(11-7-10-20(4)5)14-18-9-8-15(2)23-18/h8-9,13H,6-7,10-12,14H2,1-5H3. The van der Waals surface area contributed by atoms with Crippen molar-refractivity contribution in [1.82, 2.24) is 19.6 Å². The molecule has 2 aromatic heterocycles. The van der Waals surface area contributed by atoms with E-state index in [0.29, 0.717) is 0 Å². The topological polar surface area (TPSA) is 37.4 Å². The van der Waals surface area contributed by atoms with Gasteiger partial charge >= 0.3 is 0 Å². The smallest absolute Gasteiger partial charge is 0.118 e. The zero-order valence-corrected chi connectivity index (χ0v) is 15.2. The van der Waals surface area contributed by atoms with E-state index in [1.54, 1.807) is 0 Å². The van der Waals surface area contributed by atoms with Crippen LogP contribution < -0.4 is 0 Å². The lowest BCUT2D eigenvalue weighted by Crippen LogP contribution is -2.26. The number of hydrogen-bond acceptors (Lipinski definition) is 4. The van der Waals surface area contributed by atoms with E-state index in [-0.39, 0.29) is 0 Å². The van der Waals surface area contributed by atoms with Crippen molar-refractivity contribution in [2.24, 2.45) is 0 Å². The monoisotopic (exact) mass is 318 g/mol. The first-order valence-corrected chi connectivity index (χ1v) is 8.43. The van der Waals surface area contributed by atoms with Gasteiger partial charge < -0.3 is 9.32 Å². The van der Waals surface area contributed by atoms with Crippen LogP contribution in [0.5, 0.6) is 0 Å². The summed E-state index contributed by atoms with van der Waals surface area (Å²) in [6.45, 7) is 11.0. The Labute approximate surface area is 139 Å². The molecule has 0 saturated heterocycles. The number of furan rings is 1. The van der Waals surface area contributed by atoms with Crippen molar-refractivity contribution < 1.29 is 4.42 Å². The van der Waals surface area contributed by atoms with Crippen LogP contribution in [-0.2, 0) is 19.6 Å². The molecule has 0 N–H and O–H groups in total. The van der Waals surface area contributed by atoms with E-state index < -0.39 is 0 Å². The van der Waals surface area contributed by atoms with Gasteiger partial charge in [-0.1, -0.05) is 0 Å². The summed E-state index contributed by atoms with van der Waals surface area (Å²) >= 11 is 0. The maximum absolute atomic E-state index is 5.76. The van der Waals surface area contributed by atoms with Crippen molar-refractivity contribution in [3.8, 4) is 0 Å². The first kappa shape index (κ1) is 17.8. The minimum Gasteiger partial charge on any atom is -0.465 e. The van der Waals surface area contributed by atoms with E-state index in [4.69, 9.17) is 4.42 Å². The largest absolute Gasteiger partial charge is 0.465 e. The lowest BCUT2D eigenvalue weighted by atomic mass is 10.2. The third kappa shape index (κ3) is 5.52. The molecule has 0 radical (unpaired) electrons. The highest BCUT2D eigenvalue weighted by Gasteiger charge is 2.13. The Bertz CT molecular complexity index is 600. The molecule has 2 heterocycles. The summed E-state index contributed by atoms with van der Waals surface area (Å²) in [5.41, 5.74) is 2.43. The van der Waals surface area contributed by atoms with Gasteiger partial charge in [0.15, 0.2) is 0 Å². The van der Waals surface area contributed by atoms with Gasteiger partial charge in [0.25, 0.3) is 0 Å². The van der Waals surface area contributed by atoms with E-state index in [9.17, 15) is 0 Å². The van der Waals surface area contributed by atoms with Crippen molar-refractivity contribution >= 4 is 0 Å². The number of nitrogens with zero attached hydrogens (tertiary/aromatic N) is 4. The maximum atomic E-state index is 5.76. The molecule has 5 nitrogen and oxygen atoms in total.